The topological polar surface area (TPSA) is 40.5 Å². The van der Waals surface area contributed by atoms with E-state index in [9.17, 15) is 10.2 Å². The number of hydrogen-bond donors (Lipinski definition) is 2. The average Bonchev–Trinajstić information content (AvgIpc) is 2.52. The second-order valence-electron chi connectivity index (χ2n) is 7.12. The Bertz CT molecular complexity index is 646. The summed E-state index contributed by atoms with van der Waals surface area (Å²) in [6.07, 6.45) is 8.60. The molecule has 2 nitrogen and oxygen atoms in total. The number of phenols is 2. The summed E-state index contributed by atoms with van der Waals surface area (Å²) in [5.41, 5.74) is 4.15. The Morgan fingerprint density at radius 2 is 2.04 bits per heavy atom. The van der Waals surface area contributed by atoms with Crippen molar-refractivity contribution in [1.29, 1.82) is 0 Å². The molecule has 0 fully saturated rings. The highest BCUT2D eigenvalue weighted by molar-refractivity contribution is 14.1. The Kier molecular flexibility index (Phi) is 6.79. The van der Waals surface area contributed by atoms with Gasteiger partial charge in [-0.1, -0.05) is 43.6 Å². The van der Waals surface area contributed by atoms with Gasteiger partial charge >= 0.3 is 0 Å². The summed E-state index contributed by atoms with van der Waals surface area (Å²) in [5, 5.41) is 21.5. The molecule has 0 aromatic heterocycles. The molecular weight excluding hydrogens is 411 g/mol. The molecule has 0 heterocycles. The van der Waals surface area contributed by atoms with Crippen molar-refractivity contribution in [2.75, 3.05) is 0 Å². The van der Waals surface area contributed by atoms with E-state index in [1.807, 2.05) is 13.0 Å². The number of halogens is 1. The third-order valence-corrected chi connectivity index (χ3v) is 6.30. The van der Waals surface area contributed by atoms with Crippen molar-refractivity contribution in [2.24, 2.45) is 5.92 Å². The van der Waals surface area contributed by atoms with Crippen molar-refractivity contribution in [3.63, 3.8) is 0 Å². The summed E-state index contributed by atoms with van der Waals surface area (Å²) in [6, 6.07) is 1.86. The fourth-order valence-electron chi connectivity index (χ4n) is 3.68. The smallest absolute Gasteiger partial charge is 0.136 e. The molecule has 1 aromatic carbocycles. The summed E-state index contributed by atoms with van der Waals surface area (Å²) in [5.74, 6) is 0.757. The van der Waals surface area contributed by atoms with E-state index in [1.54, 1.807) is 0 Å². The fourth-order valence-corrected chi connectivity index (χ4v) is 4.40. The first-order valence-electron chi connectivity index (χ1n) is 8.92. The molecule has 0 amide bonds. The number of aromatic hydroxyl groups is 2. The van der Waals surface area contributed by atoms with Gasteiger partial charge in [0.1, 0.15) is 11.5 Å². The van der Waals surface area contributed by atoms with E-state index >= 15 is 0 Å². The second kappa shape index (κ2) is 8.41. The van der Waals surface area contributed by atoms with Crippen LogP contribution in [0.4, 0.5) is 0 Å². The molecule has 3 heteroatoms. The Balaban J connectivity index is 2.44. The summed E-state index contributed by atoms with van der Waals surface area (Å²) in [7, 11) is 0. The Morgan fingerprint density at radius 1 is 1.33 bits per heavy atom. The van der Waals surface area contributed by atoms with Crippen LogP contribution < -0.4 is 0 Å². The summed E-state index contributed by atoms with van der Waals surface area (Å²) in [6.45, 7) is 10.5. The minimum absolute atomic E-state index is 0.00876. The molecule has 132 valence electrons. The lowest BCUT2D eigenvalue weighted by atomic mass is 9.73. The predicted molar refractivity (Wildman–Crippen MR) is 110 cm³/mol. The molecule has 2 N–H and O–H groups in total. The van der Waals surface area contributed by atoms with Gasteiger partial charge in [0, 0.05) is 11.5 Å². The maximum absolute atomic E-state index is 10.8. The standard InChI is InChI=1S/C21H29IO2/c1-5-6-7-8-15-12-18(23)19(21(24)20(15)22)17-11-14(4)9-10-16(17)13(2)3/h11-12,16-17,23-24H,2,5-10H2,1,3-4H3. The van der Waals surface area contributed by atoms with Crippen molar-refractivity contribution >= 4 is 22.6 Å². The number of aryl methyl sites for hydroxylation is 1. The Labute approximate surface area is 159 Å². The predicted octanol–water partition coefficient (Wildman–Crippen LogP) is 6.45. The van der Waals surface area contributed by atoms with E-state index in [0.717, 1.165) is 40.4 Å². The van der Waals surface area contributed by atoms with Crippen LogP contribution in [-0.4, -0.2) is 10.2 Å². The van der Waals surface area contributed by atoms with Crippen LogP contribution in [0.2, 0.25) is 0 Å². The molecule has 2 rings (SSSR count). The number of phenolic OH excluding ortho intramolecular Hbond substituents is 2. The summed E-state index contributed by atoms with van der Waals surface area (Å²) in [4.78, 5) is 0. The van der Waals surface area contributed by atoms with E-state index in [0.29, 0.717) is 5.56 Å². The van der Waals surface area contributed by atoms with Crippen molar-refractivity contribution in [3.05, 3.63) is 44.6 Å². The van der Waals surface area contributed by atoms with Crippen LogP contribution in [0.25, 0.3) is 0 Å². The molecule has 0 saturated carbocycles. The second-order valence-corrected chi connectivity index (χ2v) is 8.20. The first kappa shape index (κ1) is 19.4. The molecular formula is C21H29IO2. The summed E-state index contributed by atoms with van der Waals surface area (Å²) >= 11 is 2.22. The molecule has 0 bridgehead atoms. The monoisotopic (exact) mass is 440 g/mol. The average molecular weight is 440 g/mol. The SMILES string of the molecule is C=C(C)C1CCC(C)=CC1c1c(O)cc(CCCCC)c(I)c1O. The van der Waals surface area contributed by atoms with E-state index in [4.69, 9.17) is 0 Å². The molecule has 1 aliphatic carbocycles. The molecule has 0 spiro atoms. The van der Waals surface area contributed by atoms with Crippen LogP contribution in [0.3, 0.4) is 0 Å². The molecule has 24 heavy (non-hydrogen) atoms. The maximum Gasteiger partial charge on any atom is 0.136 e. The fraction of sp³-hybridized carbons (Fsp3) is 0.524. The maximum atomic E-state index is 10.8. The largest absolute Gasteiger partial charge is 0.507 e. The Morgan fingerprint density at radius 3 is 2.67 bits per heavy atom. The highest BCUT2D eigenvalue weighted by atomic mass is 127. The number of rotatable bonds is 6. The molecule has 1 aromatic rings. The van der Waals surface area contributed by atoms with Gasteiger partial charge in [-0.05, 0) is 79.7 Å². The van der Waals surface area contributed by atoms with E-state index in [1.165, 1.54) is 18.4 Å². The first-order valence-corrected chi connectivity index (χ1v) is 10.0. The molecule has 1 aliphatic rings. The highest BCUT2D eigenvalue weighted by Gasteiger charge is 2.31. The lowest BCUT2D eigenvalue weighted by Crippen LogP contribution is -2.17. The molecule has 0 saturated heterocycles. The first-order chi connectivity index (χ1) is 11.4. The van der Waals surface area contributed by atoms with Gasteiger partial charge < -0.3 is 10.2 Å². The van der Waals surface area contributed by atoms with E-state index in [2.05, 4.69) is 49.1 Å². The minimum Gasteiger partial charge on any atom is -0.507 e. The Hall–Kier alpha value is -0.970. The van der Waals surface area contributed by atoms with Crippen LogP contribution in [0.15, 0.2) is 29.9 Å². The van der Waals surface area contributed by atoms with Crippen molar-refractivity contribution in [1.82, 2.24) is 0 Å². The third-order valence-electron chi connectivity index (χ3n) is 5.10. The van der Waals surface area contributed by atoms with Gasteiger partial charge in [-0.2, -0.15) is 0 Å². The quantitative estimate of drug-likeness (QED) is 0.303. The molecule has 0 radical (unpaired) electrons. The lowest BCUT2D eigenvalue weighted by Gasteiger charge is -2.31. The van der Waals surface area contributed by atoms with Gasteiger partial charge in [-0.15, -0.1) is 0 Å². The van der Waals surface area contributed by atoms with Gasteiger partial charge in [0.05, 0.1) is 3.57 Å². The molecule has 2 unspecified atom stereocenters. The normalized spacial score (nSPS) is 20.8. The van der Waals surface area contributed by atoms with Crippen LogP contribution in [0.5, 0.6) is 11.5 Å². The van der Waals surface area contributed by atoms with Crippen molar-refractivity contribution in [3.8, 4) is 11.5 Å². The van der Waals surface area contributed by atoms with Crippen LogP contribution in [0.1, 0.15) is 69.9 Å². The van der Waals surface area contributed by atoms with Crippen LogP contribution in [-0.2, 0) is 6.42 Å². The zero-order chi connectivity index (χ0) is 17.9. The third kappa shape index (κ3) is 4.16. The van der Waals surface area contributed by atoms with Gasteiger partial charge in [0.15, 0.2) is 0 Å². The van der Waals surface area contributed by atoms with Gasteiger partial charge in [-0.3, -0.25) is 0 Å². The van der Waals surface area contributed by atoms with Crippen molar-refractivity contribution < 1.29 is 10.2 Å². The lowest BCUT2D eigenvalue weighted by molar-refractivity contribution is 0.404. The van der Waals surface area contributed by atoms with Gasteiger partial charge in [0.25, 0.3) is 0 Å². The van der Waals surface area contributed by atoms with Crippen LogP contribution >= 0.6 is 22.6 Å². The van der Waals surface area contributed by atoms with Crippen molar-refractivity contribution in [2.45, 2.75) is 65.2 Å². The number of unbranched alkanes of at least 4 members (excludes halogenated alkanes) is 2. The summed E-state index contributed by atoms with van der Waals surface area (Å²) < 4.78 is 0.883. The zero-order valence-electron chi connectivity index (χ0n) is 15.0. The number of allylic oxidation sites excluding steroid dienone is 3. The number of benzene rings is 1. The molecule has 0 aliphatic heterocycles. The zero-order valence-corrected chi connectivity index (χ0v) is 17.2. The van der Waals surface area contributed by atoms with Gasteiger partial charge in [0.2, 0.25) is 0 Å². The minimum atomic E-state index is 0.00876. The number of hydrogen-bond acceptors (Lipinski definition) is 2. The molecule has 2 atom stereocenters. The van der Waals surface area contributed by atoms with E-state index < -0.39 is 0 Å². The van der Waals surface area contributed by atoms with E-state index in [-0.39, 0.29) is 23.3 Å². The highest BCUT2D eigenvalue weighted by Crippen LogP contribution is 2.48. The van der Waals surface area contributed by atoms with Gasteiger partial charge in [-0.25, -0.2) is 0 Å². The van der Waals surface area contributed by atoms with Crippen LogP contribution in [0, 0.1) is 9.49 Å².